The van der Waals surface area contributed by atoms with Crippen molar-refractivity contribution in [2.45, 2.75) is 6.92 Å². The lowest BCUT2D eigenvalue weighted by molar-refractivity contribution is 0.482. The van der Waals surface area contributed by atoms with Crippen LogP contribution in [-0.2, 0) is 7.05 Å². The first kappa shape index (κ1) is 16.0. The van der Waals surface area contributed by atoms with Crippen molar-refractivity contribution >= 4 is 10.9 Å². The molecule has 0 amide bonds. The fraction of sp³-hybridized carbons (Fsp3) is 0.100. The van der Waals surface area contributed by atoms with E-state index in [9.17, 15) is 9.59 Å². The molecule has 0 bridgehead atoms. The lowest BCUT2D eigenvalue weighted by atomic mass is 10.2. The monoisotopic (exact) mass is 347 g/mol. The molecule has 4 aromatic rings. The zero-order valence-electron chi connectivity index (χ0n) is 14.4. The molecule has 0 saturated carbocycles. The van der Waals surface area contributed by atoms with Crippen LogP contribution >= 0.6 is 0 Å². The highest BCUT2D eigenvalue weighted by molar-refractivity contribution is 5.80. The van der Waals surface area contributed by atoms with E-state index in [0.717, 1.165) is 5.75 Å². The Kier molecular flexibility index (Phi) is 3.73. The first-order valence-corrected chi connectivity index (χ1v) is 8.19. The number of para-hydroxylation sites is 1. The SMILES string of the molecule is Cc1c2c(=O)n(C)[nH]c2cc(=O)n1-c1ccc(Oc2ccccc2)cc1. The fourth-order valence-electron chi connectivity index (χ4n) is 3.10. The quantitative estimate of drug-likeness (QED) is 0.619. The maximum atomic E-state index is 12.6. The van der Waals surface area contributed by atoms with Crippen LogP contribution in [0.15, 0.2) is 70.3 Å². The molecule has 0 fully saturated rings. The first-order chi connectivity index (χ1) is 12.5. The minimum atomic E-state index is -0.200. The number of nitrogens with one attached hydrogen (secondary N) is 1. The molecule has 0 aliphatic carbocycles. The van der Waals surface area contributed by atoms with Crippen molar-refractivity contribution in [1.29, 1.82) is 0 Å². The molecule has 6 heteroatoms. The van der Waals surface area contributed by atoms with Gasteiger partial charge in [-0.15, -0.1) is 0 Å². The van der Waals surface area contributed by atoms with Crippen molar-refractivity contribution < 1.29 is 4.74 Å². The van der Waals surface area contributed by atoms with Gasteiger partial charge in [-0.25, -0.2) is 0 Å². The van der Waals surface area contributed by atoms with Gasteiger partial charge in [0.25, 0.3) is 11.1 Å². The van der Waals surface area contributed by atoms with Crippen molar-refractivity contribution in [2.24, 2.45) is 7.05 Å². The van der Waals surface area contributed by atoms with Gasteiger partial charge in [-0.1, -0.05) is 18.2 Å². The highest BCUT2D eigenvalue weighted by atomic mass is 16.5. The molecule has 2 aromatic heterocycles. The number of fused-ring (bicyclic) bond motifs is 1. The molecule has 1 N–H and O–H groups in total. The normalized spacial score (nSPS) is 11.0. The maximum Gasteiger partial charge on any atom is 0.275 e. The van der Waals surface area contributed by atoms with E-state index in [1.165, 1.54) is 15.3 Å². The summed E-state index contributed by atoms with van der Waals surface area (Å²) in [5.41, 5.74) is 1.47. The first-order valence-electron chi connectivity index (χ1n) is 8.19. The molecule has 0 spiro atoms. The van der Waals surface area contributed by atoms with Gasteiger partial charge in [-0.3, -0.25) is 23.9 Å². The molecular formula is C20H17N3O3. The van der Waals surface area contributed by atoms with E-state index in [0.29, 0.717) is 28.0 Å². The zero-order chi connectivity index (χ0) is 18.3. The summed E-state index contributed by atoms with van der Waals surface area (Å²) in [4.78, 5) is 24.8. The predicted octanol–water partition coefficient (Wildman–Crippen LogP) is 3.12. The van der Waals surface area contributed by atoms with Crippen molar-refractivity contribution in [3.63, 3.8) is 0 Å². The highest BCUT2D eigenvalue weighted by Crippen LogP contribution is 2.23. The Morgan fingerprint density at radius 3 is 2.27 bits per heavy atom. The standard InChI is InChI=1S/C20H17N3O3/c1-13-19-17(21-22(2)20(19)25)12-18(24)23(13)14-8-10-16(11-9-14)26-15-6-4-3-5-7-15/h3-12,21H,1-2H3. The molecule has 0 radical (unpaired) electrons. The van der Waals surface area contributed by atoms with Crippen molar-refractivity contribution in [3.05, 3.63) is 87.1 Å². The highest BCUT2D eigenvalue weighted by Gasteiger charge is 2.14. The summed E-state index contributed by atoms with van der Waals surface area (Å²) in [6.45, 7) is 1.77. The molecule has 0 saturated heterocycles. The van der Waals surface area contributed by atoms with Gasteiger partial charge >= 0.3 is 0 Å². The molecule has 130 valence electrons. The molecule has 26 heavy (non-hydrogen) atoms. The van der Waals surface area contributed by atoms with E-state index in [2.05, 4.69) is 5.10 Å². The number of aromatic nitrogens is 3. The Labute approximate surface area is 148 Å². The van der Waals surface area contributed by atoms with Crippen LogP contribution < -0.4 is 15.9 Å². The lowest BCUT2D eigenvalue weighted by Gasteiger charge is -2.11. The van der Waals surface area contributed by atoms with Gasteiger partial charge < -0.3 is 4.74 Å². The summed E-state index contributed by atoms with van der Waals surface area (Å²) < 4.78 is 8.68. The van der Waals surface area contributed by atoms with Crippen LogP contribution in [0.25, 0.3) is 16.6 Å². The van der Waals surface area contributed by atoms with Crippen molar-refractivity contribution in [1.82, 2.24) is 14.3 Å². The fourth-order valence-corrected chi connectivity index (χ4v) is 3.10. The third-order valence-corrected chi connectivity index (χ3v) is 4.34. The number of pyridine rings is 1. The Morgan fingerprint density at radius 2 is 1.58 bits per heavy atom. The smallest absolute Gasteiger partial charge is 0.275 e. The molecule has 0 aliphatic rings. The van der Waals surface area contributed by atoms with Gasteiger partial charge in [-0.05, 0) is 43.3 Å². The summed E-state index contributed by atoms with van der Waals surface area (Å²) in [5, 5.41) is 3.41. The van der Waals surface area contributed by atoms with Crippen LogP contribution in [0.1, 0.15) is 5.69 Å². The van der Waals surface area contributed by atoms with Crippen molar-refractivity contribution in [3.8, 4) is 17.2 Å². The molecule has 0 atom stereocenters. The second-order valence-electron chi connectivity index (χ2n) is 6.08. The van der Waals surface area contributed by atoms with E-state index >= 15 is 0 Å². The second kappa shape index (κ2) is 6.07. The predicted molar refractivity (Wildman–Crippen MR) is 100 cm³/mol. The van der Waals surface area contributed by atoms with Gasteiger partial charge in [0, 0.05) is 24.5 Å². The summed E-state index contributed by atoms with van der Waals surface area (Å²) >= 11 is 0. The summed E-state index contributed by atoms with van der Waals surface area (Å²) in [5.74, 6) is 1.41. The van der Waals surface area contributed by atoms with E-state index in [-0.39, 0.29) is 11.1 Å². The van der Waals surface area contributed by atoms with E-state index in [1.807, 2.05) is 30.3 Å². The molecular weight excluding hydrogens is 330 g/mol. The number of hydrogen-bond acceptors (Lipinski definition) is 3. The average molecular weight is 347 g/mol. The van der Waals surface area contributed by atoms with Crippen LogP contribution in [0, 0.1) is 6.92 Å². The minimum absolute atomic E-state index is 0.157. The number of aryl methyl sites for hydroxylation is 2. The number of aromatic amines is 1. The van der Waals surface area contributed by atoms with Crippen LogP contribution in [-0.4, -0.2) is 14.3 Å². The molecule has 6 nitrogen and oxygen atoms in total. The molecule has 0 unspecified atom stereocenters. The second-order valence-corrected chi connectivity index (χ2v) is 6.08. The van der Waals surface area contributed by atoms with Crippen LogP contribution in [0.4, 0.5) is 0 Å². The number of nitrogens with zero attached hydrogens (tertiary/aromatic N) is 2. The largest absolute Gasteiger partial charge is 0.457 e. The summed E-state index contributed by atoms with van der Waals surface area (Å²) in [6.07, 6.45) is 0. The minimum Gasteiger partial charge on any atom is -0.457 e. The number of ether oxygens (including phenoxy) is 1. The summed E-state index contributed by atoms with van der Waals surface area (Å²) in [7, 11) is 1.63. The molecule has 2 aromatic carbocycles. The Balaban J connectivity index is 1.77. The Morgan fingerprint density at radius 1 is 0.923 bits per heavy atom. The van der Waals surface area contributed by atoms with Gasteiger partial charge in [0.05, 0.1) is 10.9 Å². The van der Waals surface area contributed by atoms with Crippen LogP contribution in [0.3, 0.4) is 0 Å². The Hall–Kier alpha value is -3.54. The maximum absolute atomic E-state index is 12.6. The topological polar surface area (TPSA) is 69.0 Å². The van der Waals surface area contributed by atoms with Crippen LogP contribution in [0.5, 0.6) is 11.5 Å². The van der Waals surface area contributed by atoms with Gasteiger partial charge in [-0.2, -0.15) is 0 Å². The number of benzene rings is 2. The third kappa shape index (κ3) is 2.61. The van der Waals surface area contributed by atoms with Gasteiger partial charge in [0.1, 0.15) is 11.5 Å². The van der Waals surface area contributed by atoms with Gasteiger partial charge in [0.2, 0.25) is 0 Å². The number of hydrogen-bond donors (Lipinski definition) is 1. The average Bonchev–Trinajstić information content (AvgIpc) is 2.91. The van der Waals surface area contributed by atoms with E-state index in [4.69, 9.17) is 4.74 Å². The number of rotatable bonds is 3. The summed E-state index contributed by atoms with van der Waals surface area (Å²) in [6, 6.07) is 18.1. The number of H-pyrrole nitrogens is 1. The molecule has 4 rings (SSSR count). The lowest BCUT2D eigenvalue weighted by Crippen LogP contribution is -2.21. The van der Waals surface area contributed by atoms with E-state index in [1.54, 1.807) is 38.2 Å². The van der Waals surface area contributed by atoms with Gasteiger partial charge in [0.15, 0.2) is 0 Å². The third-order valence-electron chi connectivity index (χ3n) is 4.34. The van der Waals surface area contributed by atoms with E-state index < -0.39 is 0 Å². The zero-order valence-corrected chi connectivity index (χ0v) is 14.4. The van der Waals surface area contributed by atoms with Crippen molar-refractivity contribution in [2.75, 3.05) is 0 Å². The molecule has 2 heterocycles. The molecule has 0 aliphatic heterocycles. The van der Waals surface area contributed by atoms with Crippen LogP contribution in [0.2, 0.25) is 0 Å². The Bertz CT molecular complexity index is 1200.